The van der Waals surface area contributed by atoms with Crippen LogP contribution in [-0.2, 0) is 9.53 Å². The number of nitrogens with two attached hydrogens (primary N) is 1. The van der Waals surface area contributed by atoms with Crippen molar-refractivity contribution in [3.05, 3.63) is 0 Å². The molecular weight excluding hydrogens is 194 g/mol. The molecule has 5 heteroatoms. The molecule has 3 N–H and O–H groups in total. The Kier molecular flexibility index (Phi) is 4.53. The monoisotopic (exact) mass is 211 g/mol. The molecular formula is C10H17N3O2. The molecule has 1 rings (SSSR count). The third-order valence-corrected chi connectivity index (χ3v) is 2.45. The summed E-state index contributed by atoms with van der Waals surface area (Å²) in [7, 11) is 0. The Morgan fingerprint density at radius 1 is 1.73 bits per heavy atom. The first kappa shape index (κ1) is 12.0. The van der Waals surface area contributed by atoms with Gasteiger partial charge in [-0.1, -0.05) is 0 Å². The highest BCUT2D eigenvalue weighted by Gasteiger charge is 2.30. The Morgan fingerprint density at radius 2 is 2.47 bits per heavy atom. The predicted molar refractivity (Wildman–Crippen MR) is 54.8 cm³/mol. The smallest absolute Gasteiger partial charge is 0.249 e. The van der Waals surface area contributed by atoms with E-state index < -0.39 is 0 Å². The van der Waals surface area contributed by atoms with Crippen molar-refractivity contribution >= 4 is 5.91 Å². The maximum Gasteiger partial charge on any atom is 0.249 e. The highest BCUT2D eigenvalue weighted by molar-refractivity contribution is 5.81. The molecule has 5 nitrogen and oxygen atoms in total. The second-order valence-corrected chi connectivity index (χ2v) is 3.83. The Morgan fingerprint density at radius 3 is 3.00 bits per heavy atom. The SMILES string of the molecule is CC(CC#N)NC(=O)C1CCC(CN)O1. The number of ether oxygens (including phenoxy) is 1. The van der Waals surface area contributed by atoms with Crippen molar-refractivity contribution in [2.24, 2.45) is 5.73 Å². The number of nitrogens with one attached hydrogen (secondary N) is 1. The summed E-state index contributed by atoms with van der Waals surface area (Å²) in [6, 6.07) is 1.89. The van der Waals surface area contributed by atoms with Crippen molar-refractivity contribution in [1.29, 1.82) is 5.26 Å². The van der Waals surface area contributed by atoms with Crippen molar-refractivity contribution in [2.45, 2.75) is 44.4 Å². The van der Waals surface area contributed by atoms with Crippen LogP contribution in [0.5, 0.6) is 0 Å². The summed E-state index contributed by atoms with van der Waals surface area (Å²) in [4.78, 5) is 11.6. The summed E-state index contributed by atoms with van der Waals surface area (Å²) in [5, 5.41) is 11.2. The van der Waals surface area contributed by atoms with Crippen LogP contribution in [0.25, 0.3) is 0 Å². The summed E-state index contributed by atoms with van der Waals surface area (Å²) in [5.74, 6) is -0.131. The van der Waals surface area contributed by atoms with Gasteiger partial charge in [0, 0.05) is 12.6 Å². The van der Waals surface area contributed by atoms with E-state index in [-0.39, 0.29) is 24.2 Å². The molecule has 3 unspecified atom stereocenters. The topological polar surface area (TPSA) is 88.1 Å². The normalized spacial score (nSPS) is 27.0. The molecule has 0 saturated carbocycles. The van der Waals surface area contributed by atoms with Gasteiger partial charge in [-0.05, 0) is 19.8 Å². The van der Waals surface area contributed by atoms with E-state index in [1.165, 1.54) is 0 Å². The fourth-order valence-electron chi connectivity index (χ4n) is 1.60. The molecule has 0 bridgehead atoms. The molecule has 0 spiro atoms. The summed E-state index contributed by atoms with van der Waals surface area (Å²) in [6.45, 7) is 2.26. The van der Waals surface area contributed by atoms with Crippen LogP contribution in [0.1, 0.15) is 26.2 Å². The molecule has 0 aromatic carbocycles. The van der Waals surface area contributed by atoms with E-state index in [1.807, 2.05) is 6.07 Å². The first-order chi connectivity index (χ1) is 7.17. The number of amides is 1. The number of hydrogen-bond donors (Lipinski definition) is 2. The van der Waals surface area contributed by atoms with Gasteiger partial charge in [0.15, 0.2) is 0 Å². The number of carbonyl (C=O) groups is 1. The fraction of sp³-hybridized carbons (Fsp3) is 0.800. The average Bonchev–Trinajstić information content (AvgIpc) is 2.66. The second kappa shape index (κ2) is 5.69. The van der Waals surface area contributed by atoms with Gasteiger partial charge in [0.05, 0.1) is 18.6 Å². The van der Waals surface area contributed by atoms with Gasteiger partial charge in [0.2, 0.25) is 5.91 Å². The Hall–Kier alpha value is -1.12. The molecule has 15 heavy (non-hydrogen) atoms. The van der Waals surface area contributed by atoms with Crippen molar-refractivity contribution in [3.63, 3.8) is 0 Å². The third-order valence-electron chi connectivity index (χ3n) is 2.45. The minimum atomic E-state index is -0.389. The van der Waals surface area contributed by atoms with E-state index >= 15 is 0 Å². The molecule has 1 aliphatic rings. The zero-order valence-electron chi connectivity index (χ0n) is 8.90. The molecule has 1 aliphatic heterocycles. The van der Waals surface area contributed by atoms with E-state index in [4.69, 9.17) is 15.7 Å². The Bertz CT molecular complexity index is 262. The molecule has 1 saturated heterocycles. The van der Waals surface area contributed by atoms with Gasteiger partial charge in [-0.3, -0.25) is 4.79 Å². The molecule has 1 fully saturated rings. The number of nitrogens with zero attached hydrogens (tertiary/aromatic N) is 1. The predicted octanol–water partition coefficient (Wildman–Crippen LogP) is -0.0889. The minimum Gasteiger partial charge on any atom is -0.364 e. The van der Waals surface area contributed by atoms with Crippen molar-refractivity contribution in [1.82, 2.24) is 5.32 Å². The first-order valence-corrected chi connectivity index (χ1v) is 5.20. The molecule has 0 aromatic heterocycles. The maximum atomic E-state index is 11.6. The van der Waals surface area contributed by atoms with Gasteiger partial charge in [-0.2, -0.15) is 5.26 Å². The van der Waals surface area contributed by atoms with Crippen molar-refractivity contribution in [2.75, 3.05) is 6.54 Å². The summed E-state index contributed by atoms with van der Waals surface area (Å²) in [6.07, 6.45) is 1.49. The van der Waals surface area contributed by atoms with Crippen LogP contribution < -0.4 is 11.1 Å². The van der Waals surface area contributed by atoms with Crippen molar-refractivity contribution < 1.29 is 9.53 Å². The highest BCUT2D eigenvalue weighted by atomic mass is 16.5. The summed E-state index contributed by atoms with van der Waals surface area (Å²) < 4.78 is 5.43. The average molecular weight is 211 g/mol. The van der Waals surface area contributed by atoms with Gasteiger partial charge < -0.3 is 15.8 Å². The largest absolute Gasteiger partial charge is 0.364 e. The Labute approximate surface area is 89.6 Å². The highest BCUT2D eigenvalue weighted by Crippen LogP contribution is 2.18. The van der Waals surface area contributed by atoms with E-state index in [2.05, 4.69) is 5.32 Å². The van der Waals surface area contributed by atoms with Gasteiger partial charge in [-0.25, -0.2) is 0 Å². The van der Waals surface area contributed by atoms with E-state index in [0.29, 0.717) is 19.4 Å². The van der Waals surface area contributed by atoms with Crippen LogP contribution in [-0.4, -0.2) is 30.7 Å². The van der Waals surface area contributed by atoms with Gasteiger partial charge >= 0.3 is 0 Å². The lowest BCUT2D eigenvalue weighted by atomic mass is 10.1. The fourth-order valence-corrected chi connectivity index (χ4v) is 1.60. The minimum absolute atomic E-state index is 0.00650. The van der Waals surface area contributed by atoms with Crippen LogP contribution in [0.4, 0.5) is 0 Å². The van der Waals surface area contributed by atoms with E-state index in [0.717, 1.165) is 6.42 Å². The summed E-state index contributed by atoms with van der Waals surface area (Å²) >= 11 is 0. The van der Waals surface area contributed by atoms with Crippen LogP contribution >= 0.6 is 0 Å². The van der Waals surface area contributed by atoms with Crippen LogP contribution in [0.3, 0.4) is 0 Å². The van der Waals surface area contributed by atoms with Crippen LogP contribution in [0.15, 0.2) is 0 Å². The quantitative estimate of drug-likeness (QED) is 0.680. The molecule has 3 atom stereocenters. The lowest BCUT2D eigenvalue weighted by Gasteiger charge is -2.15. The lowest BCUT2D eigenvalue weighted by molar-refractivity contribution is -0.132. The zero-order valence-corrected chi connectivity index (χ0v) is 8.90. The van der Waals surface area contributed by atoms with E-state index in [9.17, 15) is 4.79 Å². The van der Waals surface area contributed by atoms with Crippen LogP contribution in [0.2, 0.25) is 0 Å². The maximum absolute atomic E-state index is 11.6. The molecule has 1 heterocycles. The zero-order chi connectivity index (χ0) is 11.3. The number of rotatable bonds is 4. The van der Waals surface area contributed by atoms with Gasteiger partial charge in [-0.15, -0.1) is 0 Å². The second-order valence-electron chi connectivity index (χ2n) is 3.83. The lowest BCUT2D eigenvalue weighted by Crippen LogP contribution is -2.40. The molecule has 0 aliphatic carbocycles. The molecule has 84 valence electrons. The first-order valence-electron chi connectivity index (χ1n) is 5.20. The molecule has 0 aromatic rings. The summed E-state index contributed by atoms with van der Waals surface area (Å²) in [5.41, 5.74) is 5.45. The number of hydrogen-bond acceptors (Lipinski definition) is 4. The van der Waals surface area contributed by atoms with E-state index in [1.54, 1.807) is 6.92 Å². The van der Waals surface area contributed by atoms with Gasteiger partial charge in [0.25, 0.3) is 0 Å². The standard InChI is InChI=1S/C10H17N3O2/c1-7(4-5-11)13-10(14)9-3-2-8(6-12)15-9/h7-9H,2-4,6,12H2,1H3,(H,13,14). The molecule has 1 amide bonds. The number of nitriles is 1. The number of carbonyl (C=O) groups excluding carboxylic acids is 1. The van der Waals surface area contributed by atoms with Gasteiger partial charge in [0.1, 0.15) is 6.10 Å². The third kappa shape index (κ3) is 3.50. The Balaban J connectivity index is 2.32. The molecule has 0 radical (unpaired) electrons. The van der Waals surface area contributed by atoms with Crippen LogP contribution in [0, 0.1) is 11.3 Å². The van der Waals surface area contributed by atoms with Crippen molar-refractivity contribution in [3.8, 4) is 6.07 Å².